The molecule has 1 saturated heterocycles. The molecule has 1 atom stereocenters. The van der Waals surface area contributed by atoms with Gasteiger partial charge in [0.25, 0.3) is 5.91 Å². The highest BCUT2D eigenvalue weighted by molar-refractivity contribution is 5.94. The Morgan fingerprint density at radius 1 is 1.53 bits per heavy atom. The number of benzene rings is 1. The lowest BCUT2D eigenvalue weighted by Gasteiger charge is -2.32. The first kappa shape index (κ1) is 13.6. The third kappa shape index (κ3) is 3.55. The third-order valence-corrected chi connectivity index (χ3v) is 3.67. The van der Waals surface area contributed by atoms with E-state index >= 15 is 0 Å². The quantitative estimate of drug-likeness (QED) is 0.898. The van der Waals surface area contributed by atoms with Crippen LogP contribution >= 0.6 is 0 Å². The second-order valence-electron chi connectivity index (χ2n) is 5.03. The molecular weight excluding hydrogens is 238 g/mol. The van der Waals surface area contributed by atoms with Crippen molar-refractivity contribution < 1.29 is 4.79 Å². The number of nitrogens with one attached hydrogen (secondary N) is 1. The number of hydrogen-bond acceptors (Lipinski definition) is 3. The van der Waals surface area contributed by atoms with Gasteiger partial charge in [0.05, 0.1) is 11.6 Å². The van der Waals surface area contributed by atoms with Crippen LogP contribution in [-0.4, -0.2) is 37.0 Å². The first-order valence-electron chi connectivity index (χ1n) is 6.69. The van der Waals surface area contributed by atoms with Crippen molar-refractivity contribution in [3.8, 4) is 6.07 Å². The van der Waals surface area contributed by atoms with E-state index in [1.165, 1.54) is 12.8 Å². The van der Waals surface area contributed by atoms with Gasteiger partial charge in [0.1, 0.15) is 0 Å². The highest BCUT2D eigenvalue weighted by atomic mass is 16.1. The standard InChI is InChI=1S/C15H19N3O/c1-18-8-3-2-7-14(18)11-17-15(19)13-6-4-5-12(9-13)10-16/h4-6,9,14H,2-3,7-8,11H2,1H3,(H,17,19). The second-order valence-corrected chi connectivity index (χ2v) is 5.03. The van der Waals surface area contributed by atoms with Crippen LogP contribution in [0.2, 0.25) is 0 Å². The van der Waals surface area contributed by atoms with Gasteiger partial charge in [-0.05, 0) is 44.6 Å². The Morgan fingerprint density at radius 2 is 2.37 bits per heavy atom. The van der Waals surface area contributed by atoms with E-state index in [4.69, 9.17) is 5.26 Å². The van der Waals surface area contributed by atoms with E-state index < -0.39 is 0 Å². The number of likely N-dealkylation sites (tertiary alicyclic amines) is 1. The summed E-state index contributed by atoms with van der Waals surface area (Å²) in [5.41, 5.74) is 1.07. The molecule has 0 bridgehead atoms. The van der Waals surface area contributed by atoms with Crippen LogP contribution in [-0.2, 0) is 0 Å². The van der Waals surface area contributed by atoms with Crippen molar-refractivity contribution in [2.75, 3.05) is 20.1 Å². The Labute approximate surface area is 114 Å². The zero-order valence-electron chi connectivity index (χ0n) is 11.2. The Kier molecular flexibility index (Phi) is 4.53. The van der Waals surface area contributed by atoms with Crippen molar-refractivity contribution in [2.45, 2.75) is 25.3 Å². The minimum atomic E-state index is -0.101. The Balaban J connectivity index is 1.92. The lowest BCUT2D eigenvalue weighted by Crippen LogP contribution is -2.44. The first-order chi connectivity index (χ1) is 9.20. The van der Waals surface area contributed by atoms with Gasteiger partial charge >= 0.3 is 0 Å². The number of nitrogens with zero attached hydrogens (tertiary/aromatic N) is 2. The van der Waals surface area contributed by atoms with Gasteiger partial charge in [0, 0.05) is 18.2 Å². The van der Waals surface area contributed by atoms with E-state index in [-0.39, 0.29) is 5.91 Å². The summed E-state index contributed by atoms with van der Waals surface area (Å²) in [6.07, 6.45) is 3.61. The summed E-state index contributed by atoms with van der Waals surface area (Å²) in [5, 5.41) is 11.8. The lowest BCUT2D eigenvalue weighted by atomic mass is 10.0. The molecule has 0 radical (unpaired) electrons. The molecule has 1 aromatic rings. The molecule has 4 heteroatoms. The van der Waals surface area contributed by atoms with Crippen molar-refractivity contribution in [3.05, 3.63) is 35.4 Å². The number of carbonyl (C=O) groups excluding carboxylic acids is 1. The number of carbonyl (C=O) groups is 1. The monoisotopic (exact) mass is 257 g/mol. The van der Waals surface area contributed by atoms with E-state index in [0.717, 1.165) is 13.0 Å². The van der Waals surface area contributed by atoms with Crippen molar-refractivity contribution in [2.24, 2.45) is 0 Å². The molecule has 0 spiro atoms. The average Bonchev–Trinajstić information content (AvgIpc) is 2.46. The largest absolute Gasteiger partial charge is 0.350 e. The van der Waals surface area contributed by atoms with Crippen molar-refractivity contribution >= 4 is 5.91 Å². The molecule has 1 N–H and O–H groups in total. The van der Waals surface area contributed by atoms with Crippen LogP contribution in [0.5, 0.6) is 0 Å². The van der Waals surface area contributed by atoms with Crippen LogP contribution in [0, 0.1) is 11.3 Å². The summed E-state index contributed by atoms with van der Waals surface area (Å²) in [6, 6.07) is 9.27. The van der Waals surface area contributed by atoms with Gasteiger partial charge in [0.2, 0.25) is 0 Å². The molecule has 1 aromatic carbocycles. The van der Waals surface area contributed by atoms with Gasteiger partial charge < -0.3 is 10.2 Å². The number of hydrogen-bond donors (Lipinski definition) is 1. The molecule has 0 aromatic heterocycles. The third-order valence-electron chi connectivity index (χ3n) is 3.67. The maximum Gasteiger partial charge on any atom is 0.251 e. The topological polar surface area (TPSA) is 56.1 Å². The molecule has 1 unspecified atom stereocenters. The van der Waals surface area contributed by atoms with Crippen LogP contribution in [0.3, 0.4) is 0 Å². The number of nitriles is 1. The van der Waals surface area contributed by atoms with Crippen LogP contribution in [0.25, 0.3) is 0 Å². The van der Waals surface area contributed by atoms with E-state index in [2.05, 4.69) is 17.3 Å². The van der Waals surface area contributed by atoms with Crippen LogP contribution in [0.1, 0.15) is 35.2 Å². The average molecular weight is 257 g/mol. The van der Waals surface area contributed by atoms with Gasteiger partial charge in [-0.25, -0.2) is 0 Å². The second kappa shape index (κ2) is 6.35. The maximum atomic E-state index is 12.0. The minimum absolute atomic E-state index is 0.101. The van der Waals surface area contributed by atoms with Gasteiger partial charge in [-0.1, -0.05) is 12.5 Å². The molecule has 2 rings (SSSR count). The van der Waals surface area contributed by atoms with Gasteiger partial charge in [-0.3, -0.25) is 4.79 Å². The molecule has 100 valence electrons. The molecular formula is C15H19N3O. The Morgan fingerprint density at radius 3 is 3.11 bits per heavy atom. The zero-order chi connectivity index (χ0) is 13.7. The molecule has 1 fully saturated rings. The SMILES string of the molecule is CN1CCCCC1CNC(=O)c1cccc(C#N)c1. The van der Waals surface area contributed by atoms with Gasteiger partial charge in [0.15, 0.2) is 0 Å². The Bertz CT molecular complexity index is 492. The normalized spacial score (nSPS) is 19.7. The fourth-order valence-electron chi connectivity index (χ4n) is 2.44. The van der Waals surface area contributed by atoms with Crippen LogP contribution < -0.4 is 5.32 Å². The van der Waals surface area contributed by atoms with E-state index in [0.29, 0.717) is 23.7 Å². The summed E-state index contributed by atoms with van der Waals surface area (Å²) in [5.74, 6) is -0.101. The lowest BCUT2D eigenvalue weighted by molar-refractivity contribution is 0.0928. The predicted octanol–water partition coefficient (Wildman–Crippen LogP) is 1.77. The van der Waals surface area contributed by atoms with Crippen LogP contribution in [0.15, 0.2) is 24.3 Å². The van der Waals surface area contributed by atoms with E-state index in [1.807, 2.05) is 6.07 Å². The molecule has 0 aliphatic carbocycles. The summed E-state index contributed by atoms with van der Waals surface area (Å²) in [4.78, 5) is 14.3. The van der Waals surface area contributed by atoms with Crippen molar-refractivity contribution in [1.82, 2.24) is 10.2 Å². The molecule has 1 amide bonds. The van der Waals surface area contributed by atoms with Crippen molar-refractivity contribution in [1.29, 1.82) is 5.26 Å². The zero-order valence-corrected chi connectivity index (χ0v) is 11.2. The molecule has 1 heterocycles. The summed E-state index contributed by atoms with van der Waals surface area (Å²) >= 11 is 0. The van der Waals surface area contributed by atoms with Gasteiger partial charge in [-0.2, -0.15) is 5.26 Å². The molecule has 0 saturated carbocycles. The fraction of sp³-hybridized carbons (Fsp3) is 0.467. The highest BCUT2D eigenvalue weighted by Gasteiger charge is 2.19. The van der Waals surface area contributed by atoms with Gasteiger partial charge in [-0.15, -0.1) is 0 Å². The highest BCUT2D eigenvalue weighted by Crippen LogP contribution is 2.14. The smallest absolute Gasteiger partial charge is 0.251 e. The summed E-state index contributed by atoms with van der Waals surface area (Å²) in [6.45, 7) is 1.77. The summed E-state index contributed by atoms with van der Waals surface area (Å²) in [7, 11) is 2.10. The maximum absolute atomic E-state index is 12.0. The first-order valence-corrected chi connectivity index (χ1v) is 6.69. The molecule has 1 aliphatic heterocycles. The number of rotatable bonds is 3. The molecule has 4 nitrogen and oxygen atoms in total. The number of piperidine rings is 1. The fourth-order valence-corrected chi connectivity index (χ4v) is 2.44. The van der Waals surface area contributed by atoms with Crippen molar-refractivity contribution in [3.63, 3.8) is 0 Å². The Hall–Kier alpha value is -1.86. The number of amides is 1. The minimum Gasteiger partial charge on any atom is -0.350 e. The molecule has 1 aliphatic rings. The van der Waals surface area contributed by atoms with E-state index in [9.17, 15) is 4.79 Å². The summed E-state index contributed by atoms with van der Waals surface area (Å²) < 4.78 is 0. The predicted molar refractivity (Wildman–Crippen MR) is 73.8 cm³/mol. The molecule has 19 heavy (non-hydrogen) atoms. The van der Waals surface area contributed by atoms with Crippen LogP contribution in [0.4, 0.5) is 0 Å². The van der Waals surface area contributed by atoms with E-state index in [1.54, 1.807) is 24.3 Å². The number of likely N-dealkylation sites (N-methyl/N-ethyl adjacent to an activating group) is 1.